The number of ether oxygens (including phenoxy) is 1. The Morgan fingerprint density at radius 1 is 1.35 bits per heavy atom. The van der Waals surface area contributed by atoms with E-state index in [0.29, 0.717) is 12.5 Å². The Morgan fingerprint density at radius 3 is 2.65 bits per heavy atom. The van der Waals surface area contributed by atoms with Crippen molar-refractivity contribution in [2.45, 2.75) is 43.7 Å². The molecular weight excluding hydrogens is 244 g/mol. The third kappa shape index (κ3) is 3.33. The van der Waals surface area contributed by atoms with Crippen LogP contribution in [0.1, 0.15) is 26.2 Å². The van der Waals surface area contributed by atoms with Crippen molar-refractivity contribution in [3.8, 4) is 0 Å². The van der Waals surface area contributed by atoms with Crippen LogP contribution in [0.2, 0.25) is 0 Å². The number of imide groups is 1. The van der Waals surface area contributed by atoms with Crippen LogP contribution in [0.25, 0.3) is 0 Å². The molecule has 5 nitrogen and oxygen atoms in total. The lowest BCUT2D eigenvalue weighted by atomic mass is 10.1. The van der Waals surface area contributed by atoms with Crippen molar-refractivity contribution < 1.29 is 14.3 Å². The Bertz CT molecular complexity index is 318. The minimum atomic E-state index is -0.709. The van der Waals surface area contributed by atoms with Gasteiger partial charge >= 0.3 is 6.03 Å². The van der Waals surface area contributed by atoms with Gasteiger partial charge in [0.05, 0.1) is 12.1 Å². The summed E-state index contributed by atoms with van der Waals surface area (Å²) in [6.45, 7) is 2.20. The average molecular weight is 261 g/mol. The maximum absolute atomic E-state index is 11.5. The normalized spacial score (nSPS) is 29.8. The van der Waals surface area contributed by atoms with Crippen molar-refractivity contribution in [1.29, 1.82) is 0 Å². The fourth-order valence-electron chi connectivity index (χ4n) is 2.07. The van der Waals surface area contributed by atoms with Gasteiger partial charge in [-0.1, -0.05) is 0 Å². The Morgan fingerprint density at radius 2 is 2.06 bits per heavy atom. The van der Waals surface area contributed by atoms with E-state index in [4.69, 9.17) is 16.3 Å². The number of urea groups is 1. The van der Waals surface area contributed by atoms with Gasteiger partial charge in [-0.2, -0.15) is 0 Å². The Kier molecular flexibility index (Phi) is 3.89. The molecule has 1 aliphatic heterocycles. The van der Waals surface area contributed by atoms with Crippen molar-refractivity contribution >= 4 is 23.5 Å². The summed E-state index contributed by atoms with van der Waals surface area (Å²) in [6.07, 6.45) is 3.26. The SMILES string of the molecule is CC(Cl)C(=O)NC(=O)NC1CCOC1C1CC1. The molecule has 1 saturated heterocycles. The van der Waals surface area contributed by atoms with E-state index >= 15 is 0 Å². The lowest BCUT2D eigenvalue weighted by molar-refractivity contribution is -0.119. The van der Waals surface area contributed by atoms with E-state index in [-0.39, 0.29) is 12.1 Å². The second-order valence-corrected chi connectivity index (χ2v) is 5.30. The summed E-state index contributed by atoms with van der Waals surface area (Å²) in [4.78, 5) is 22.8. The van der Waals surface area contributed by atoms with Crippen molar-refractivity contribution in [2.24, 2.45) is 5.92 Å². The molecule has 17 heavy (non-hydrogen) atoms. The van der Waals surface area contributed by atoms with Gasteiger partial charge in [0.25, 0.3) is 0 Å². The van der Waals surface area contributed by atoms with Gasteiger partial charge in [-0.25, -0.2) is 4.79 Å². The predicted octanol–water partition coefficient (Wildman–Crippen LogP) is 1.01. The second kappa shape index (κ2) is 5.23. The first-order chi connectivity index (χ1) is 8.08. The van der Waals surface area contributed by atoms with Gasteiger partial charge in [0, 0.05) is 6.61 Å². The van der Waals surface area contributed by atoms with Crippen molar-refractivity contribution in [2.75, 3.05) is 6.61 Å². The Hall–Kier alpha value is -0.810. The van der Waals surface area contributed by atoms with E-state index in [0.717, 1.165) is 6.42 Å². The molecule has 3 unspecified atom stereocenters. The highest BCUT2D eigenvalue weighted by Gasteiger charge is 2.41. The topological polar surface area (TPSA) is 67.4 Å². The van der Waals surface area contributed by atoms with Crippen LogP contribution in [0.3, 0.4) is 0 Å². The number of hydrogen-bond donors (Lipinski definition) is 2. The molecular formula is C11H17ClN2O3. The van der Waals surface area contributed by atoms with Crippen LogP contribution in [0, 0.1) is 5.92 Å². The fraction of sp³-hybridized carbons (Fsp3) is 0.818. The lowest BCUT2D eigenvalue weighted by Gasteiger charge is -2.19. The van der Waals surface area contributed by atoms with Crippen LogP contribution in [0.4, 0.5) is 4.79 Å². The van der Waals surface area contributed by atoms with E-state index in [1.165, 1.54) is 19.8 Å². The summed E-state index contributed by atoms with van der Waals surface area (Å²) < 4.78 is 5.59. The molecule has 2 aliphatic rings. The standard InChI is InChI=1S/C11H17ClN2O3/c1-6(12)10(15)14-11(16)13-8-4-5-17-9(8)7-2-3-7/h6-9H,2-5H2,1H3,(H2,13,14,15,16). The molecule has 0 aromatic heterocycles. The first-order valence-corrected chi connectivity index (χ1v) is 6.38. The van der Waals surface area contributed by atoms with Crippen molar-refractivity contribution in [3.63, 3.8) is 0 Å². The van der Waals surface area contributed by atoms with Crippen LogP contribution in [0.15, 0.2) is 0 Å². The summed E-state index contributed by atoms with van der Waals surface area (Å²) in [6, 6.07) is -0.468. The minimum Gasteiger partial charge on any atom is -0.376 e. The number of carbonyl (C=O) groups excluding carboxylic acids is 2. The van der Waals surface area contributed by atoms with Gasteiger partial charge in [0.2, 0.25) is 5.91 Å². The van der Waals surface area contributed by atoms with E-state index in [9.17, 15) is 9.59 Å². The molecule has 0 spiro atoms. The molecule has 0 aromatic carbocycles. The zero-order valence-corrected chi connectivity index (χ0v) is 10.5. The summed E-state index contributed by atoms with van der Waals surface area (Å²) in [5, 5.41) is 4.28. The second-order valence-electron chi connectivity index (χ2n) is 4.65. The molecule has 3 amide bonds. The zero-order valence-electron chi connectivity index (χ0n) is 9.74. The number of hydrogen-bond acceptors (Lipinski definition) is 3. The molecule has 0 bridgehead atoms. The molecule has 2 fully saturated rings. The Labute approximate surface area is 105 Å². The van der Waals surface area contributed by atoms with Crippen LogP contribution < -0.4 is 10.6 Å². The van der Waals surface area contributed by atoms with Crippen molar-refractivity contribution in [1.82, 2.24) is 10.6 Å². The molecule has 3 atom stereocenters. The third-order valence-electron chi connectivity index (χ3n) is 3.14. The molecule has 1 aliphatic carbocycles. The molecule has 1 heterocycles. The first-order valence-electron chi connectivity index (χ1n) is 5.95. The molecule has 96 valence electrons. The number of rotatable bonds is 3. The van der Waals surface area contributed by atoms with E-state index in [1.54, 1.807) is 0 Å². The highest BCUT2D eigenvalue weighted by molar-refractivity contribution is 6.31. The minimum absolute atomic E-state index is 0.0148. The smallest absolute Gasteiger partial charge is 0.321 e. The first kappa shape index (κ1) is 12.6. The third-order valence-corrected chi connectivity index (χ3v) is 3.34. The maximum atomic E-state index is 11.5. The quantitative estimate of drug-likeness (QED) is 0.744. The summed E-state index contributed by atoms with van der Waals surface area (Å²) >= 11 is 5.56. The fourth-order valence-corrected chi connectivity index (χ4v) is 2.13. The van der Waals surface area contributed by atoms with Gasteiger partial charge in [0.1, 0.15) is 5.38 Å². The van der Waals surface area contributed by atoms with Gasteiger partial charge in [-0.05, 0) is 32.1 Å². The highest BCUT2D eigenvalue weighted by Crippen LogP contribution is 2.38. The molecule has 0 aromatic rings. The van der Waals surface area contributed by atoms with Crippen molar-refractivity contribution in [3.05, 3.63) is 0 Å². The predicted molar refractivity (Wildman–Crippen MR) is 62.9 cm³/mol. The van der Waals surface area contributed by atoms with Crippen LogP contribution in [0.5, 0.6) is 0 Å². The van der Waals surface area contributed by atoms with E-state index in [1.807, 2.05) is 0 Å². The van der Waals surface area contributed by atoms with E-state index < -0.39 is 17.3 Å². The molecule has 2 rings (SSSR count). The molecule has 2 N–H and O–H groups in total. The summed E-state index contributed by atoms with van der Waals surface area (Å²) in [5.41, 5.74) is 0. The number of alkyl halides is 1. The van der Waals surface area contributed by atoms with Gasteiger partial charge in [0.15, 0.2) is 0 Å². The van der Waals surface area contributed by atoms with Crippen LogP contribution in [-0.4, -0.2) is 36.1 Å². The number of amides is 3. The van der Waals surface area contributed by atoms with Crippen LogP contribution >= 0.6 is 11.6 Å². The average Bonchev–Trinajstić information content (AvgIpc) is 3.00. The zero-order chi connectivity index (χ0) is 12.4. The molecule has 0 radical (unpaired) electrons. The number of halogens is 1. The summed E-state index contributed by atoms with van der Waals surface area (Å²) in [5.74, 6) is 0.0940. The monoisotopic (exact) mass is 260 g/mol. The van der Waals surface area contributed by atoms with Crippen LogP contribution in [-0.2, 0) is 9.53 Å². The molecule has 1 saturated carbocycles. The van der Waals surface area contributed by atoms with Gasteiger partial charge in [-0.15, -0.1) is 11.6 Å². The Balaban J connectivity index is 1.79. The number of nitrogens with one attached hydrogen (secondary N) is 2. The number of carbonyl (C=O) groups is 2. The highest BCUT2D eigenvalue weighted by atomic mass is 35.5. The summed E-state index contributed by atoms with van der Waals surface area (Å²) in [7, 11) is 0. The molecule has 6 heteroatoms. The maximum Gasteiger partial charge on any atom is 0.321 e. The van der Waals surface area contributed by atoms with E-state index in [2.05, 4.69) is 10.6 Å². The largest absolute Gasteiger partial charge is 0.376 e. The lowest BCUT2D eigenvalue weighted by Crippen LogP contribution is -2.49. The van der Waals surface area contributed by atoms with Gasteiger partial charge in [-0.3, -0.25) is 10.1 Å². The van der Waals surface area contributed by atoms with Gasteiger partial charge < -0.3 is 10.1 Å².